The van der Waals surface area contributed by atoms with Crippen LogP contribution in [0.25, 0.3) is 10.9 Å². The van der Waals surface area contributed by atoms with Crippen molar-refractivity contribution in [2.75, 3.05) is 11.9 Å². The van der Waals surface area contributed by atoms with Gasteiger partial charge in [0.1, 0.15) is 11.6 Å². The van der Waals surface area contributed by atoms with E-state index in [1.165, 1.54) is 6.20 Å². The molecule has 0 fully saturated rings. The number of carbonyl (C=O) groups is 2. The van der Waals surface area contributed by atoms with Gasteiger partial charge in [-0.2, -0.15) is 4.72 Å². The third-order valence-electron chi connectivity index (χ3n) is 6.60. The van der Waals surface area contributed by atoms with Crippen molar-refractivity contribution in [3.8, 4) is 0 Å². The largest absolute Gasteiger partial charge is 0.480 e. The van der Waals surface area contributed by atoms with E-state index in [0.29, 0.717) is 34.5 Å². The van der Waals surface area contributed by atoms with Crippen molar-refractivity contribution in [1.29, 1.82) is 0 Å². The van der Waals surface area contributed by atoms with Gasteiger partial charge in [-0.25, -0.2) is 13.4 Å². The summed E-state index contributed by atoms with van der Waals surface area (Å²) in [6.07, 6.45) is 3.14. The minimum atomic E-state index is -4.22. The molecule has 0 saturated heterocycles. The minimum absolute atomic E-state index is 0.0158. The number of benzene rings is 2. The number of imidazole rings is 1. The smallest absolute Gasteiger partial charge is 0.323 e. The number of rotatable bonds is 10. The molecule has 1 amide bonds. The number of hydrogen-bond donors (Lipinski definition) is 5. The van der Waals surface area contributed by atoms with Crippen LogP contribution >= 0.6 is 0 Å². The van der Waals surface area contributed by atoms with E-state index in [9.17, 15) is 27.9 Å². The van der Waals surface area contributed by atoms with Crippen molar-refractivity contribution in [3.05, 3.63) is 86.5 Å². The molecule has 12 nitrogen and oxygen atoms in total. The number of carbonyl (C=O) groups excluding carboxylic acids is 1. The highest BCUT2D eigenvalue weighted by molar-refractivity contribution is 7.89. The molecule has 1 atom stereocenters. The lowest BCUT2D eigenvalue weighted by molar-refractivity contribution is -0.138. The zero-order valence-electron chi connectivity index (χ0n) is 23.3. The average Bonchev–Trinajstić information content (AvgIpc) is 3.31. The Morgan fingerprint density at radius 3 is 2.39 bits per heavy atom. The molecule has 0 aliphatic rings. The minimum Gasteiger partial charge on any atom is -0.480 e. The number of pyridine rings is 1. The number of nitrogens with one attached hydrogen (secondary N) is 4. The van der Waals surface area contributed by atoms with Gasteiger partial charge in [0.05, 0.1) is 16.1 Å². The summed E-state index contributed by atoms with van der Waals surface area (Å²) >= 11 is 0. The Hall–Kier alpha value is -4.49. The molecule has 0 saturated carbocycles. The van der Waals surface area contributed by atoms with E-state index >= 15 is 0 Å². The molecule has 5 N–H and O–H groups in total. The first-order valence-electron chi connectivity index (χ1n) is 12.8. The van der Waals surface area contributed by atoms with Crippen molar-refractivity contribution in [2.24, 2.45) is 7.05 Å². The Morgan fingerprint density at radius 2 is 1.78 bits per heavy atom. The summed E-state index contributed by atoms with van der Waals surface area (Å²) in [4.78, 5) is 45.4. The number of H-pyrrole nitrogens is 1. The van der Waals surface area contributed by atoms with Gasteiger partial charge in [0, 0.05) is 37.9 Å². The molecule has 0 bridgehead atoms. The van der Waals surface area contributed by atoms with Crippen LogP contribution in [0.5, 0.6) is 0 Å². The van der Waals surface area contributed by atoms with Crippen molar-refractivity contribution in [3.63, 3.8) is 0 Å². The number of hydrogen-bond acceptors (Lipinski definition) is 7. The second-order valence-corrected chi connectivity index (χ2v) is 11.7. The number of carboxylic acids is 1. The number of fused-ring (bicyclic) bond motifs is 1. The van der Waals surface area contributed by atoms with E-state index in [1.54, 1.807) is 55.9 Å². The molecule has 1 unspecified atom stereocenters. The Morgan fingerprint density at radius 1 is 1.10 bits per heavy atom. The van der Waals surface area contributed by atoms with Gasteiger partial charge in [0.2, 0.25) is 21.4 Å². The molecule has 0 radical (unpaired) electrons. The van der Waals surface area contributed by atoms with Crippen LogP contribution in [0.4, 0.5) is 5.95 Å². The number of amides is 1. The molecule has 0 aliphatic carbocycles. The maximum atomic E-state index is 13.2. The van der Waals surface area contributed by atoms with Crippen LogP contribution in [-0.2, 0) is 28.4 Å². The molecule has 4 rings (SSSR count). The molecule has 2 aromatic heterocycles. The molecule has 4 aromatic rings. The number of anilines is 1. The number of carboxylic acid groups (broad SMARTS) is 1. The van der Waals surface area contributed by atoms with Gasteiger partial charge >= 0.3 is 5.97 Å². The lowest BCUT2D eigenvalue weighted by atomic mass is 10.1. The second kappa shape index (κ2) is 11.6. The lowest BCUT2D eigenvalue weighted by Gasteiger charge is -2.18. The van der Waals surface area contributed by atoms with Crippen LogP contribution in [-0.4, -0.2) is 52.5 Å². The molecule has 216 valence electrons. The van der Waals surface area contributed by atoms with Crippen LogP contribution in [0.1, 0.15) is 38.3 Å². The highest BCUT2D eigenvalue weighted by Crippen LogP contribution is 2.22. The fourth-order valence-electron chi connectivity index (χ4n) is 4.80. The molecule has 0 aliphatic heterocycles. The number of nitrogens with zero attached hydrogens (tertiary/aromatic N) is 2. The average molecular weight is 581 g/mol. The molecule has 41 heavy (non-hydrogen) atoms. The zero-order valence-corrected chi connectivity index (χ0v) is 24.1. The van der Waals surface area contributed by atoms with E-state index in [4.69, 9.17) is 0 Å². The molecule has 13 heteroatoms. The Balaban J connectivity index is 1.51. The SMILES string of the molecule is Cc1cc(C)c(S(=O)(=O)NC(CNC(=O)c2cn(C)c3cc(CNc4nc(C)c[nH]4)ccc3c2=O)C(=O)O)c(C)c1. The van der Waals surface area contributed by atoms with Gasteiger partial charge in [-0.3, -0.25) is 14.4 Å². The second-order valence-electron chi connectivity index (χ2n) is 10.0. The van der Waals surface area contributed by atoms with Crippen LogP contribution in [0.3, 0.4) is 0 Å². The summed E-state index contributed by atoms with van der Waals surface area (Å²) in [5.41, 5.74) is 3.41. The van der Waals surface area contributed by atoms with Gasteiger partial charge in [-0.15, -0.1) is 0 Å². The van der Waals surface area contributed by atoms with Gasteiger partial charge in [0.25, 0.3) is 5.91 Å². The Labute approximate surface area is 236 Å². The van der Waals surface area contributed by atoms with E-state index in [2.05, 4.69) is 25.3 Å². The van der Waals surface area contributed by atoms with E-state index in [-0.39, 0.29) is 10.5 Å². The predicted octanol–water partition coefficient (Wildman–Crippen LogP) is 2.27. The maximum absolute atomic E-state index is 13.2. The first-order chi connectivity index (χ1) is 19.3. The zero-order chi connectivity index (χ0) is 30.1. The maximum Gasteiger partial charge on any atom is 0.323 e. The van der Waals surface area contributed by atoms with E-state index in [1.807, 2.05) is 19.9 Å². The third kappa shape index (κ3) is 6.47. The molecule has 2 heterocycles. The summed E-state index contributed by atoms with van der Waals surface area (Å²) in [5, 5.41) is 15.5. The summed E-state index contributed by atoms with van der Waals surface area (Å²) in [6, 6.07) is 6.92. The highest BCUT2D eigenvalue weighted by atomic mass is 32.2. The Kier molecular flexibility index (Phi) is 8.31. The predicted molar refractivity (Wildman–Crippen MR) is 155 cm³/mol. The monoisotopic (exact) mass is 580 g/mol. The standard InChI is InChI=1S/C28H32N6O6S/c1-15-8-16(2)25(17(3)9-15)41(39,40)33-22(27(37)38)13-29-26(36)21-14-34(5)23-10-19(6-7-20(23)24(21)35)12-31-28-30-11-18(4)32-28/h6-11,14,22,33H,12-13H2,1-5H3,(H,29,36)(H,37,38)(H2,30,31,32). The van der Waals surface area contributed by atoms with Crippen LogP contribution in [0, 0.1) is 27.7 Å². The van der Waals surface area contributed by atoms with Crippen molar-refractivity contribution in [1.82, 2.24) is 24.6 Å². The summed E-state index contributed by atoms with van der Waals surface area (Å²) < 4.78 is 29.9. The molecule has 0 spiro atoms. The van der Waals surface area contributed by atoms with Crippen molar-refractivity contribution in [2.45, 2.75) is 45.2 Å². The molecular formula is C28H32N6O6S. The first-order valence-corrected chi connectivity index (χ1v) is 14.2. The third-order valence-corrected chi connectivity index (χ3v) is 8.38. The van der Waals surface area contributed by atoms with Gasteiger partial charge in [-0.05, 0) is 56.5 Å². The van der Waals surface area contributed by atoms with Crippen LogP contribution < -0.4 is 20.8 Å². The Bertz CT molecular complexity index is 1800. The summed E-state index contributed by atoms with van der Waals surface area (Å²) in [6.45, 7) is 6.83. The highest BCUT2D eigenvalue weighted by Gasteiger charge is 2.29. The number of aromatic amines is 1. The van der Waals surface area contributed by atoms with Crippen molar-refractivity contribution < 1.29 is 23.1 Å². The van der Waals surface area contributed by atoms with E-state index in [0.717, 1.165) is 16.8 Å². The fraction of sp³-hybridized carbons (Fsp3) is 0.286. The quantitative estimate of drug-likeness (QED) is 0.190. The number of aromatic nitrogens is 3. The van der Waals surface area contributed by atoms with Gasteiger partial charge < -0.3 is 25.3 Å². The lowest BCUT2D eigenvalue weighted by Crippen LogP contribution is -2.49. The molecular weight excluding hydrogens is 548 g/mol. The topological polar surface area (TPSA) is 175 Å². The first kappa shape index (κ1) is 29.5. The fourth-order valence-corrected chi connectivity index (χ4v) is 6.44. The van der Waals surface area contributed by atoms with E-state index < -0.39 is 39.9 Å². The molecule has 2 aromatic carbocycles. The normalized spacial score (nSPS) is 12.3. The summed E-state index contributed by atoms with van der Waals surface area (Å²) in [5.74, 6) is -1.68. The van der Waals surface area contributed by atoms with Gasteiger partial charge in [0.15, 0.2) is 0 Å². The number of aryl methyl sites for hydroxylation is 5. The number of sulfonamides is 1. The number of aliphatic carboxylic acids is 1. The van der Waals surface area contributed by atoms with Crippen molar-refractivity contribution >= 4 is 38.8 Å². The van der Waals surface area contributed by atoms with Crippen LogP contribution in [0.2, 0.25) is 0 Å². The summed E-state index contributed by atoms with van der Waals surface area (Å²) in [7, 11) is -2.54. The van der Waals surface area contributed by atoms with Crippen LogP contribution in [0.15, 0.2) is 52.4 Å². The van der Waals surface area contributed by atoms with Gasteiger partial charge in [-0.1, -0.05) is 23.8 Å².